The predicted molar refractivity (Wildman–Crippen MR) is 50.9 cm³/mol. The Bertz CT molecular complexity index is 104. The minimum Gasteiger partial charge on any atom is -0.393 e. The van der Waals surface area contributed by atoms with Gasteiger partial charge in [0.2, 0.25) is 0 Å². The largest absolute Gasteiger partial charge is 0.393 e. The fourth-order valence-corrected chi connectivity index (χ4v) is 1.87. The first-order valence-corrected chi connectivity index (χ1v) is 5.22. The number of aliphatic hydroxyl groups excluding tert-OH is 1. The topological polar surface area (TPSA) is 46.2 Å². The standard InChI is InChI=1S/C10H21NO/c11-9-5-2-1-3-7-10(12)8-4-6-9/h9-10,12H,1-8,11H2. The van der Waals surface area contributed by atoms with E-state index in [2.05, 4.69) is 0 Å². The average molecular weight is 171 g/mol. The average Bonchev–Trinajstić information content (AvgIpc) is 2.04. The first kappa shape index (κ1) is 10.0. The van der Waals surface area contributed by atoms with Gasteiger partial charge >= 0.3 is 0 Å². The van der Waals surface area contributed by atoms with Gasteiger partial charge in [0.05, 0.1) is 6.10 Å². The molecule has 12 heavy (non-hydrogen) atoms. The van der Waals surface area contributed by atoms with Gasteiger partial charge in [-0.3, -0.25) is 0 Å². The highest BCUT2D eigenvalue weighted by Gasteiger charge is 2.09. The lowest BCUT2D eigenvalue weighted by molar-refractivity contribution is 0.144. The Labute approximate surface area is 75.2 Å². The molecule has 0 aromatic carbocycles. The van der Waals surface area contributed by atoms with Gasteiger partial charge in [0.25, 0.3) is 0 Å². The van der Waals surface area contributed by atoms with Crippen molar-refractivity contribution in [3.63, 3.8) is 0 Å². The maximum Gasteiger partial charge on any atom is 0.0540 e. The zero-order valence-corrected chi connectivity index (χ0v) is 7.84. The molecule has 0 aromatic heterocycles. The number of hydrogen-bond donors (Lipinski definition) is 2. The van der Waals surface area contributed by atoms with Crippen LogP contribution in [0.4, 0.5) is 0 Å². The van der Waals surface area contributed by atoms with Crippen LogP contribution in [-0.2, 0) is 0 Å². The predicted octanol–water partition coefficient (Wildman–Crippen LogP) is 1.81. The van der Waals surface area contributed by atoms with E-state index in [9.17, 15) is 5.11 Å². The SMILES string of the molecule is NC1CCCCCC(O)CCC1. The fourth-order valence-electron chi connectivity index (χ4n) is 1.87. The van der Waals surface area contributed by atoms with Gasteiger partial charge < -0.3 is 10.8 Å². The molecule has 2 unspecified atom stereocenters. The van der Waals surface area contributed by atoms with E-state index >= 15 is 0 Å². The summed E-state index contributed by atoms with van der Waals surface area (Å²) in [5, 5.41) is 9.48. The highest BCUT2D eigenvalue weighted by atomic mass is 16.3. The summed E-state index contributed by atoms with van der Waals surface area (Å²) in [6.07, 6.45) is 8.92. The minimum atomic E-state index is -0.0599. The van der Waals surface area contributed by atoms with Crippen molar-refractivity contribution in [1.82, 2.24) is 0 Å². The molecule has 1 saturated carbocycles. The molecule has 0 amide bonds. The first-order valence-electron chi connectivity index (χ1n) is 5.22. The maximum absolute atomic E-state index is 9.48. The Morgan fingerprint density at radius 2 is 1.42 bits per heavy atom. The van der Waals surface area contributed by atoms with Gasteiger partial charge in [0.1, 0.15) is 0 Å². The number of nitrogens with two attached hydrogens (primary N) is 1. The molecule has 1 rings (SSSR count). The summed E-state index contributed by atoms with van der Waals surface area (Å²) in [6.45, 7) is 0. The Balaban J connectivity index is 2.21. The van der Waals surface area contributed by atoms with E-state index in [4.69, 9.17) is 5.73 Å². The van der Waals surface area contributed by atoms with Crippen molar-refractivity contribution in [3.8, 4) is 0 Å². The highest BCUT2D eigenvalue weighted by molar-refractivity contribution is 4.66. The van der Waals surface area contributed by atoms with Gasteiger partial charge in [-0.2, -0.15) is 0 Å². The van der Waals surface area contributed by atoms with Gasteiger partial charge in [-0.15, -0.1) is 0 Å². The molecule has 2 nitrogen and oxygen atoms in total. The van der Waals surface area contributed by atoms with Crippen LogP contribution < -0.4 is 5.73 Å². The van der Waals surface area contributed by atoms with Crippen LogP contribution in [-0.4, -0.2) is 17.3 Å². The van der Waals surface area contributed by atoms with E-state index in [0.29, 0.717) is 6.04 Å². The van der Waals surface area contributed by atoms with Crippen LogP contribution in [0.5, 0.6) is 0 Å². The van der Waals surface area contributed by atoms with E-state index in [0.717, 1.165) is 25.7 Å². The highest BCUT2D eigenvalue weighted by Crippen LogP contribution is 2.16. The summed E-state index contributed by atoms with van der Waals surface area (Å²) >= 11 is 0. The Hall–Kier alpha value is -0.0800. The molecule has 72 valence electrons. The zero-order chi connectivity index (χ0) is 8.81. The molecule has 0 saturated heterocycles. The molecule has 0 bridgehead atoms. The molecule has 1 aliphatic carbocycles. The molecule has 2 atom stereocenters. The molecule has 0 heterocycles. The van der Waals surface area contributed by atoms with Crippen LogP contribution in [0.25, 0.3) is 0 Å². The number of hydrogen-bond acceptors (Lipinski definition) is 2. The van der Waals surface area contributed by atoms with Gasteiger partial charge in [-0.05, 0) is 32.1 Å². The molecule has 3 N–H and O–H groups in total. The third-order valence-electron chi connectivity index (χ3n) is 2.72. The maximum atomic E-state index is 9.48. The van der Waals surface area contributed by atoms with E-state index in [1.807, 2.05) is 0 Å². The van der Waals surface area contributed by atoms with Gasteiger partial charge in [-0.25, -0.2) is 0 Å². The Kier molecular flexibility index (Phi) is 4.62. The van der Waals surface area contributed by atoms with Crippen molar-refractivity contribution in [1.29, 1.82) is 0 Å². The third kappa shape index (κ3) is 4.07. The van der Waals surface area contributed by atoms with E-state index < -0.39 is 0 Å². The van der Waals surface area contributed by atoms with Crippen molar-refractivity contribution < 1.29 is 5.11 Å². The monoisotopic (exact) mass is 171 g/mol. The van der Waals surface area contributed by atoms with E-state index in [-0.39, 0.29) is 6.10 Å². The van der Waals surface area contributed by atoms with Crippen LogP contribution in [0.2, 0.25) is 0 Å². The molecule has 1 fully saturated rings. The van der Waals surface area contributed by atoms with Gasteiger partial charge in [0.15, 0.2) is 0 Å². The molecule has 0 aromatic rings. The van der Waals surface area contributed by atoms with Crippen molar-refractivity contribution in [2.45, 2.75) is 63.5 Å². The quantitative estimate of drug-likeness (QED) is 0.584. The molecule has 0 spiro atoms. The lowest BCUT2D eigenvalue weighted by atomic mass is 9.97. The van der Waals surface area contributed by atoms with Crippen molar-refractivity contribution >= 4 is 0 Å². The molecule has 1 aliphatic rings. The lowest BCUT2D eigenvalue weighted by Gasteiger charge is -2.16. The smallest absolute Gasteiger partial charge is 0.0540 e. The van der Waals surface area contributed by atoms with Crippen LogP contribution in [0.1, 0.15) is 51.4 Å². The summed E-state index contributed by atoms with van der Waals surface area (Å²) in [5.41, 5.74) is 5.89. The lowest BCUT2D eigenvalue weighted by Crippen LogP contribution is -2.21. The first-order chi connectivity index (χ1) is 5.79. The summed E-state index contributed by atoms with van der Waals surface area (Å²) < 4.78 is 0. The number of rotatable bonds is 0. The molecule has 2 heteroatoms. The van der Waals surface area contributed by atoms with E-state index in [1.54, 1.807) is 0 Å². The second-order valence-corrected chi connectivity index (χ2v) is 3.98. The second-order valence-electron chi connectivity index (χ2n) is 3.98. The van der Waals surface area contributed by atoms with Crippen molar-refractivity contribution in [2.24, 2.45) is 5.73 Å². The van der Waals surface area contributed by atoms with Crippen LogP contribution >= 0.6 is 0 Å². The van der Waals surface area contributed by atoms with Crippen LogP contribution in [0.15, 0.2) is 0 Å². The third-order valence-corrected chi connectivity index (χ3v) is 2.72. The molecular formula is C10H21NO. The normalized spacial score (nSPS) is 34.5. The van der Waals surface area contributed by atoms with Gasteiger partial charge in [0, 0.05) is 6.04 Å². The Morgan fingerprint density at radius 3 is 2.25 bits per heavy atom. The van der Waals surface area contributed by atoms with Crippen LogP contribution in [0, 0.1) is 0 Å². The summed E-state index contributed by atoms with van der Waals surface area (Å²) in [7, 11) is 0. The fraction of sp³-hybridized carbons (Fsp3) is 1.00. The molecule has 0 aliphatic heterocycles. The van der Waals surface area contributed by atoms with Gasteiger partial charge in [-0.1, -0.05) is 19.3 Å². The summed E-state index contributed by atoms with van der Waals surface area (Å²) in [5.74, 6) is 0. The summed E-state index contributed by atoms with van der Waals surface area (Å²) in [6, 6.07) is 0.385. The minimum absolute atomic E-state index is 0.0599. The van der Waals surface area contributed by atoms with Crippen molar-refractivity contribution in [3.05, 3.63) is 0 Å². The molecule has 0 radical (unpaired) electrons. The van der Waals surface area contributed by atoms with E-state index in [1.165, 1.54) is 25.7 Å². The molecular weight excluding hydrogens is 150 g/mol. The van der Waals surface area contributed by atoms with Crippen molar-refractivity contribution in [2.75, 3.05) is 0 Å². The number of aliphatic hydroxyl groups is 1. The second kappa shape index (κ2) is 5.55. The van der Waals surface area contributed by atoms with Crippen LogP contribution in [0.3, 0.4) is 0 Å². The Morgan fingerprint density at radius 1 is 0.833 bits per heavy atom. The zero-order valence-electron chi connectivity index (χ0n) is 7.84. The summed E-state index contributed by atoms with van der Waals surface area (Å²) in [4.78, 5) is 0.